The first-order valence-corrected chi connectivity index (χ1v) is 9.37. The Morgan fingerprint density at radius 3 is 2.29 bits per heavy atom. The van der Waals surface area contributed by atoms with Crippen molar-refractivity contribution in [3.63, 3.8) is 0 Å². The maximum atomic E-state index is 11.5. The monoisotopic (exact) mass is 351 g/mol. The van der Waals surface area contributed by atoms with Gasteiger partial charge in [0.25, 0.3) is 0 Å². The molecule has 1 saturated carbocycles. The number of rotatable bonds is 5. The minimum absolute atomic E-state index is 0. The summed E-state index contributed by atoms with van der Waals surface area (Å²) in [6, 6.07) is 10.2. The van der Waals surface area contributed by atoms with Crippen molar-refractivity contribution >= 4 is 12.4 Å². The van der Waals surface area contributed by atoms with Gasteiger partial charge in [0, 0.05) is 6.54 Å². The number of ether oxygens (including phenoxy) is 1. The highest BCUT2D eigenvalue weighted by molar-refractivity contribution is 5.85. The SMILES string of the molecule is Cl.O[C@@](COC1CN2CCC1CC2)(c1ccccc1)C1CCCC1. The van der Waals surface area contributed by atoms with E-state index < -0.39 is 5.60 Å². The van der Waals surface area contributed by atoms with Crippen LogP contribution >= 0.6 is 12.4 Å². The first-order valence-electron chi connectivity index (χ1n) is 9.37. The third kappa shape index (κ3) is 3.50. The molecule has 0 radical (unpaired) electrons. The predicted molar refractivity (Wildman–Crippen MR) is 98.4 cm³/mol. The predicted octanol–water partition coefficient (Wildman–Crippen LogP) is 3.60. The van der Waals surface area contributed by atoms with Gasteiger partial charge >= 0.3 is 0 Å². The summed E-state index contributed by atoms with van der Waals surface area (Å²) in [7, 11) is 0. The lowest BCUT2D eigenvalue weighted by molar-refractivity contribution is -0.143. The molecule has 2 bridgehead atoms. The highest BCUT2D eigenvalue weighted by atomic mass is 35.5. The number of hydrogen-bond donors (Lipinski definition) is 1. The molecule has 4 fully saturated rings. The number of aliphatic hydroxyl groups is 1. The summed E-state index contributed by atoms with van der Waals surface area (Å²) in [5.74, 6) is 1.04. The summed E-state index contributed by atoms with van der Waals surface area (Å²) in [6.45, 7) is 3.98. The van der Waals surface area contributed by atoms with Crippen molar-refractivity contribution in [1.82, 2.24) is 4.90 Å². The maximum Gasteiger partial charge on any atom is 0.116 e. The third-order valence-electron chi connectivity index (χ3n) is 6.42. The Morgan fingerprint density at radius 2 is 1.71 bits per heavy atom. The first-order chi connectivity index (χ1) is 11.3. The third-order valence-corrected chi connectivity index (χ3v) is 6.42. The van der Waals surface area contributed by atoms with Gasteiger partial charge in [-0.2, -0.15) is 0 Å². The van der Waals surface area contributed by atoms with Crippen molar-refractivity contribution < 1.29 is 9.84 Å². The van der Waals surface area contributed by atoms with E-state index in [1.165, 1.54) is 38.8 Å². The average molecular weight is 352 g/mol. The van der Waals surface area contributed by atoms with Crippen molar-refractivity contribution in [3.8, 4) is 0 Å². The Bertz CT molecular complexity index is 512. The van der Waals surface area contributed by atoms with E-state index in [2.05, 4.69) is 17.0 Å². The maximum absolute atomic E-state index is 11.5. The quantitative estimate of drug-likeness (QED) is 0.879. The van der Waals surface area contributed by atoms with E-state index in [-0.39, 0.29) is 12.4 Å². The molecular weight excluding hydrogens is 322 g/mol. The zero-order chi connectivity index (χ0) is 15.7. The molecule has 3 saturated heterocycles. The Hall–Kier alpha value is -0.610. The molecule has 5 rings (SSSR count). The van der Waals surface area contributed by atoms with E-state index in [0.717, 1.165) is 24.9 Å². The van der Waals surface area contributed by atoms with E-state index in [1.54, 1.807) is 0 Å². The van der Waals surface area contributed by atoms with Gasteiger partial charge < -0.3 is 14.7 Å². The summed E-state index contributed by atoms with van der Waals surface area (Å²) < 4.78 is 6.36. The van der Waals surface area contributed by atoms with Crippen LogP contribution in [0.5, 0.6) is 0 Å². The van der Waals surface area contributed by atoms with Crippen LogP contribution in [0.4, 0.5) is 0 Å². The zero-order valence-electron chi connectivity index (χ0n) is 14.4. The molecule has 1 N–H and O–H groups in total. The Balaban J connectivity index is 0.00000169. The minimum Gasteiger partial charge on any atom is -0.382 e. The lowest BCUT2D eigenvalue weighted by Gasteiger charge is -2.46. The van der Waals surface area contributed by atoms with Crippen molar-refractivity contribution in [2.75, 3.05) is 26.2 Å². The fraction of sp³-hybridized carbons (Fsp3) is 0.700. The topological polar surface area (TPSA) is 32.7 Å². The summed E-state index contributed by atoms with van der Waals surface area (Å²) in [4.78, 5) is 2.52. The van der Waals surface area contributed by atoms with Crippen molar-refractivity contribution in [2.45, 2.75) is 50.2 Å². The van der Waals surface area contributed by atoms with Crippen LogP contribution < -0.4 is 0 Å². The Kier molecular flexibility index (Phi) is 5.86. The van der Waals surface area contributed by atoms with Crippen LogP contribution in [0.1, 0.15) is 44.1 Å². The second-order valence-corrected chi connectivity index (χ2v) is 7.76. The molecule has 1 aliphatic carbocycles. The molecule has 0 amide bonds. The highest BCUT2D eigenvalue weighted by Gasteiger charge is 2.42. The van der Waals surface area contributed by atoms with Crippen LogP contribution in [-0.2, 0) is 10.3 Å². The van der Waals surface area contributed by atoms with Gasteiger partial charge in [-0.15, -0.1) is 12.4 Å². The van der Waals surface area contributed by atoms with Gasteiger partial charge in [0.1, 0.15) is 5.60 Å². The molecule has 1 aromatic carbocycles. The second-order valence-electron chi connectivity index (χ2n) is 7.76. The number of nitrogens with zero attached hydrogens (tertiary/aromatic N) is 1. The molecule has 4 heteroatoms. The second kappa shape index (κ2) is 7.74. The lowest BCUT2D eigenvalue weighted by atomic mass is 9.80. The minimum atomic E-state index is -0.816. The molecule has 4 aliphatic rings. The zero-order valence-corrected chi connectivity index (χ0v) is 15.2. The number of piperidine rings is 3. The van der Waals surface area contributed by atoms with Crippen LogP contribution in [0.2, 0.25) is 0 Å². The van der Waals surface area contributed by atoms with Crippen LogP contribution in [0.15, 0.2) is 30.3 Å². The van der Waals surface area contributed by atoms with Crippen molar-refractivity contribution in [1.29, 1.82) is 0 Å². The molecule has 3 heterocycles. The smallest absolute Gasteiger partial charge is 0.116 e. The summed E-state index contributed by atoms with van der Waals surface area (Å²) in [6.07, 6.45) is 7.55. The number of fused-ring (bicyclic) bond motifs is 3. The molecule has 134 valence electrons. The molecule has 3 nitrogen and oxygen atoms in total. The van der Waals surface area contributed by atoms with Gasteiger partial charge in [-0.25, -0.2) is 0 Å². The molecular formula is C20H30ClNO2. The van der Waals surface area contributed by atoms with Gasteiger partial charge in [-0.3, -0.25) is 0 Å². The molecule has 1 unspecified atom stereocenters. The van der Waals surface area contributed by atoms with Crippen molar-refractivity contribution in [2.24, 2.45) is 11.8 Å². The Morgan fingerprint density at radius 1 is 1.04 bits per heavy atom. The largest absolute Gasteiger partial charge is 0.382 e. The normalized spacial score (nSPS) is 32.3. The van der Waals surface area contributed by atoms with Crippen molar-refractivity contribution in [3.05, 3.63) is 35.9 Å². The van der Waals surface area contributed by atoms with Gasteiger partial charge in [-0.1, -0.05) is 43.2 Å². The van der Waals surface area contributed by atoms with Crippen LogP contribution in [0, 0.1) is 11.8 Å². The van der Waals surface area contributed by atoms with Crippen LogP contribution in [-0.4, -0.2) is 42.4 Å². The number of benzene rings is 1. The Labute approximate surface area is 151 Å². The van der Waals surface area contributed by atoms with Gasteiger partial charge in [-0.05, 0) is 56.2 Å². The van der Waals surface area contributed by atoms with Crippen LogP contribution in [0.3, 0.4) is 0 Å². The van der Waals surface area contributed by atoms with E-state index in [4.69, 9.17) is 4.74 Å². The lowest BCUT2D eigenvalue weighted by Crippen LogP contribution is -2.53. The van der Waals surface area contributed by atoms with Gasteiger partial charge in [0.05, 0.1) is 12.7 Å². The molecule has 3 aliphatic heterocycles. The molecule has 0 aromatic heterocycles. The summed E-state index contributed by atoms with van der Waals surface area (Å²) in [5, 5.41) is 11.5. The number of hydrogen-bond acceptors (Lipinski definition) is 3. The summed E-state index contributed by atoms with van der Waals surface area (Å²) >= 11 is 0. The molecule has 1 aromatic rings. The first kappa shape index (κ1) is 18.2. The average Bonchev–Trinajstić information content (AvgIpc) is 3.17. The fourth-order valence-corrected chi connectivity index (χ4v) is 4.90. The van der Waals surface area contributed by atoms with E-state index in [9.17, 15) is 5.11 Å². The molecule has 0 spiro atoms. The molecule has 24 heavy (non-hydrogen) atoms. The van der Waals surface area contributed by atoms with Gasteiger partial charge in [0.15, 0.2) is 0 Å². The molecule has 2 atom stereocenters. The van der Waals surface area contributed by atoms with E-state index in [0.29, 0.717) is 24.5 Å². The van der Waals surface area contributed by atoms with E-state index in [1.807, 2.05) is 18.2 Å². The van der Waals surface area contributed by atoms with Crippen LogP contribution in [0.25, 0.3) is 0 Å². The summed E-state index contributed by atoms with van der Waals surface area (Å²) in [5.41, 5.74) is 0.220. The van der Waals surface area contributed by atoms with Gasteiger partial charge in [0.2, 0.25) is 0 Å². The standard InChI is InChI=1S/C20H29NO2.ClH/c22-20(18-8-4-5-9-18,17-6-2-1-3-7-17)15-23-19-14-21-12-10-16(19)11-13-21;/h1-3,6-7,16,18-19,22H,4-5,8-15H2;1H/t19?,20-;/m0./s1. The highest BCUT2D eigenvalue weighted by Crippen LogP contribution is 2.41. The van der Waals surface area contributed by atoms with E-state index >= 15 is 0 Å². The number of halogens is 1. The fourth-order valence-electron chi connectivity index (χ4n) is 4.90.